The Hall–Kier alpha value is -2.54. The molecule has 0 aliphatic carbocycles. The second kappa shape index (κ2) is 5.87. The average Bonchev–Trinajstić information content (AvgIpc) is 2.46. The molecule has 0 radical (unpaired) electrons. The van der Waals surface area contributed by atoms with Crippen LogP contribution in [0.3, 0.4) is 0 Å². The standard InChI is InChI=1S/C15H12FNO2/c1-18-14-4-2-3-5-15(14)19-10-12-7-6-11(9-17)8-13(12)16/h2-8H,10H2,1H3. The summed E-state index contributed by atoms with van der Waals surface area (Å²) < 4.78 is 24.3. The molecule has 0 bridgehead atoms. The van der Waals surface area contributed by atoms with E-state index in [0.717, 1.165) is 0 Å². The first-order valence-corrected chi connectivity index (χ1v) is 5.69. The summed E-state index contributed by atoms with van der Waals surface area (Å²) in [5.74, 6) is 0.694. The largest absolute Gasteiger partial charge is 0.493 e. The number of ether oxygens (including phenoxy) is 2. The summed E-state index contributed by atoms with van der Waals surface area (Å²) in [4.78, 5) is 0. The van der Waals surface area contributed by atoms with Gasteiger partial charge < -0.3 is 9.47 Å². The molecule has 0 aromatic heterocycles. The lowest BCUT2D eigenvalue weighted by Crippen LogP contribution is -2.00. The zero-order chi connectivity index (χ0) is 13.7. The highest BCUT2D eigenvalue weighted by atomic mass is 19.1. The van der Waals surface area contributed by atoms with Gasteiger partial charge in [0.2, 0.25) is 0 Å². The molecule has 0 atom stereocenters. The Labute approximate surface area is 110 Å². The zero-order valence-corrected chi connectivity index (χ0v) is 10.4. The molecule has 0 unspecified atom stereocenters. The summed E-state index contributed by atoms with van der Waals surface area (Å²) in [6, 6.07) is 13.3. The Kier molecular flexibility index (Phi) is 3.99. The van der Waals surface area contributed by atoms with Crippen molar-refractivity contribution in [3.63, 3.8) is 0 Å². The van der Waals surface area contributed by atoms with Gasteiger partial charge in [-0.2, -0.15) is 5.26 Å². The number of benzene rings is 2. The number of nitrogens with zero attached hydrogens (tertiary/aromatic N) is 1. The van der Waals surface area contributed by atoms with Crippen LogP contribution < -0.4 is 9.47 Å². The minimum Gasteiger partial charge on any atom is -0.493 e. The lowest BCUT2D eigenvalue weighted by Gasteiger charge is -2.10. The lowest BCUT2D eigenvalue weighted by atomic mass is 10.1. The molecule has 3 nitrogen and oxygen atoms in total. The molecule has 0 aliphatic rings. The van der Waals surface area contributed by atoms with Crippen molar-refractivity contribution in [2.45, 2.75) is 6.61 Å². The smallest absolute Gasteiger partial charge is 0.161 e. The van der Waals surface area contributed by atoms with Crippen LogP contribution in [-0.4, -0.2) is 7.11 Å². The van der Waals surface area contributed by atoms with Crippen molar-refractivity contribution >= 4 is 0 Å². The third-order valence-corrected chi connectivity index (χ3v) is 2.63. The topological polar surface area (TPSA) is 42.2 Å². The van der Waals surface area contributed by atoms with Crippen molar-refractivity contribution in [1.82, 2.24) is 0 Å². The van der Waals surface area contributed by atoms with E-state index in [4.69, 9.17) is 14.7 Å². The first-order chi connectivity index (χ1) is 9.24. The molecule has 2 aromatic carbocycles. The van der Waals surface area contributed by atoms with Crippen LogP contribution >= 0.6 is 0 Å². The van der Waals surface area contributed by atoms with Crippen molar-refractivity contribution < 1.29 is 13.9 Å². The van der Waals surface area contributed by atoms with E-state index in [2.05, 4.69) is 0 Å². The van der Waals surface area contributed by atoms with Crippen LogP contribution in [-0.2, 0) is 6.61 Å². The molecule has 0 spiro atoms. The van der Waals surface area contributed by atoms with Gasteiger partial charge in [0.15, 0.2) is 11.5 Å². The van der Waals surface area contributed by atoms with Gasteiger partial charge in [-0.05, 0) is 24.3 Å². The number of hydrogen-bond acceptors (Lipinski definition) is 3. The molecule has 0 saturated carbocycles. The van der Waals surface area contributed by atoms with Crippen molar-refractivity contribution in [3.8, 4) is 17.6 Å². The molecule has 2 rings (SSSR count). The number of halogens is 1. The molecule has 0 N–H and O–H groups in total. The molecule has 0 aliphatic heterocycles. The number of hydrogen-bond donors (Lipinski definition) is 0. The summed E-state index contributed by atoms with van der Waals surface area (Å²) in [5, 5.41) is 8.66. The minimum absolute atomic E-state index is 0.0813. The molecule has 19 heavy (non-hydrogen) atoms. The Balaban J connectivity index is 2.13. The number of para-hydroxylation sites is 2. The molecular weight excluding hydrogens is 245 g/mol. The van der Waals surface area contributed by atoms with E-state index in [1.165, 1.54) is 6.07 Å². The van der Waals surface area contributed by atoms with Gasteiger partial charge in [0.05, 0.1) is 18.7 Å². The highest BCUT2D eigenvalue weighted by Crippen LogP contribution is 2.26. The fraction of sp³-hybridized carbons (Fsp3) is 0.133. The SMILES string of the molecule is COc1ccccc1OCc1ccc(C#N)cc1F. The lowest BCUT2D eigenvalue weighted by molar-refractivity contribution is 0.279. The predicted molar refractivity (Wildman–Crippen MR) is 68.4 cm³/mol. The molecule has 96 valence electrons. The predicted octanol–water partition coefficient (Wildman–Crippen LogP) is 3.28. The maximum atomic E-state index is 13.7. The van der Waals surface area contributed by atoms with E-state index >= 15 is 0 Å². The number of methoxy groups -OCH3 is 1. The van der Waals surface area contributed by atoms with Crippen LogP contribution in [0, 0.1) is 17.1 Å². The van der Waals surface area contributed by atoms with E-state index < -0.39 is 5.82 Å². The van der Waals surface area contributed by atoms with Crippen LogP contribution in [0.4, 0.5) is 4.39 Å². The van der Waals surface area contributed by atoms with Crippen LogP contribution in [0.2, 0.25) is 0 Å². The van der Waals surface area contributed by atoms with Gasteiger partial charge >= 0.3 is 0 Å². The molecule has 0 saturated heterocycles. The summed E-state index contributed by atoms with van der Waals surface area (Å²) in [6.07, 6.45) is 0. The van der Waals surface area contributed by atoms with Gasteiger partial charge in [0, 0.05) is 5.56 Å². The van der Waals surface area contributed by atoms with Crippen LogP contribution in [0.15, 0.2) is 42.5 Å². The third-order valence-electron chi connectivity index (χ3n) is 2.63. The molecule has 4 heteroatoms. The number of nitriles is 1. The first kappa shape index (κ1) is 12.9. The second-order valence-electron chi connectivity index (χ2n) is 3.86. The zero-order valence-electron chi connectivity index (χ0n) is 10.4. The summed E-state index contributed by atoms with van der Waals surface area (Å²) in [6.45, 7) is 0.0813. The van der Waals surface area contributed by atoms with E-state index in [1.807, 2.05) is 18.2 Å². The van der Waals surface area contributed by atoms with Crippen molar-refractivity contribution in [2.75, 3.05) is 7.11 Å². The van der Waals surface area contributed by atoms with E-state index in [9.17, 15) is 4.39 Å². The number of rotatable bonds is 4. The van der Waals surface area contributed by atoms with Crippen molar-refractivity contribution in [1.29, 1.82) is 5.26 Å². The van der Waals surface area contributed by atoms with Gasteiger partial charge in [-0.25, -0.2) is 4.39 Å². The first-order valence-electron chi connectivity index (χ1n) is 5.69. The summed E-state index contributed by atoms with van der Waals surface area (Å²) in [7, 11) is 1.55. The van der Waals surface area contributed by atoms with Crippen LogP contribution in [0.1, 0.15) is 11.1 Å². The third kappa shape index (κ3) is 3.02. The highest BCUT2D eigenvalue weighted by Gasteiger charge is 2.07. The normalized spacial score (nSPS) is 9.74. The fourth-order valence-electron chi connectivity index (χ4n) is 1.63. The monoisotopic (exact) mass is 257 g/mol. The Morgan fingerprint density at radius 1 is 1.16 bits per heavy atom. The summed E-state index contributed by atoms with van der Waals surface area (Å²) >= 11 is 0. The van der Waals surface area contributed by atoms with E-state index in [-0.39, 0.29) is 6.61 Å². The highest BCUT2D eigenvalue weighted by molar-refractivity contribution is 5.39. The molecule has 0 fully saturated rings. The van der Waals surface area contributed by atoms with Gasteiger partial charge in [0.1, 0.15) is 12.4 Å². The van der Waals surface area contributed by atoms with Gasteiger partial charge in [-0.3, -0.25) is 0 Å². The Morgan fingerprint density at radius 2 is 1.89 bits per heavy atom. The Bertz CT molecular complexity index is 620. The molecular formula is C15H12FNO2. The Morgan fingerprint density at radius 3 is 2.53 bits per heavy atom. The fourth-order valence-corrected chi connectivity index (χ4v) is 1.63. The van der Waals surface area contributed by atoms with Crippen molar-refractivity contribution in [3.05, 3.63) is 59.4 Å². The molecule has 0 amide bonds. The van der Waals surface area contributed by atoms with E-state index in [1.54, 1.807) is 31.4 Å². The minimum atomic E-state index is -0.450. The van der Waals surface area contributed by atoms with Crippen LogP contribution in [0.25, 0.3) is 0 Å². The second-order valence-corrected chi connectivity index (χ2v) is 3.86. The maximum absolute atomic E-state index is 13.7. The van der Waals surface area contributed by atoms with Gasteiger partial charge in [-0.15, -0.1) is 0 Å². The quantitative estimate of drug-likeness (QED) is 0.844. The van der Waals surface area contributed by atoms with Crippen molar-refractivity contribution in [2.24, 2.45) is 0 Å². The van der Waals surface area contributed by atoms with Gasteiger partial charge in [-0.1, -0.05) is 18.2 Å². The average molecular weight is 257 g/mol. The van der Waals surface area contributed by atoms with Crippen LogP contribution in [0.5, 0.6) is 11.5 Å². The van der Waals surface area contributed by atoms with E-state index in [0.29, 0.717) is 22.6 Å². The van der Waals surface area contributed by atoms with Gasteiger partial charge in [0.25, 0.3) is 0 Å². The molecule has 0 heterocycles. The molecule has 2 aromatic rings. The summed E-state index contributed by atoms with van der Waals surface area (Å²) in [5.41, 5.74) is 0.684. The maximum Gasteiger partial charge on any atom is 0.161 e.